The van der Waals surface area contributed by atoms with Gasteiger partial charge < -0.3 is 4.81 Å². The molecule has 0 aromatic rings. The summed E-state index contributed by atoms with van der Waals surface area (Å²) in [6.07, 6.45) is 4.88. The summed E-state index contributed by atoms with van der Waals surface area (Å²) in [5, 5.41) is 0. The van der Waals surface area contributed by atoms with Gasteiger partial charge in [-0.15, -0.1) is 0 Å². The van der Waals surface area contributed by atoms with Crippen molar-refractivity contribution in [3.05, 3.63) is 11.8 Å². The molecule has 50 valence electrons. The highest BCUT2D eigenvalue weighted by Crippen LogP contribution is 2.15. The predicted octanol–water partition coefficient (Wildman–Crippen LogP) is 1.85. The SMILES string of the molecule is CB1CCC=C(C)N1C. The van der Waals surface area contributed by atoms with Crippen LogP contribution in [0.2, 0.25) is 13.1 Å². The molecule has 1 nitrogen and oxygen atoms in total. The highest BCUT2D eigenvalue weighted by molar-refractivity contribution is 6.54. The summed E-state index contributed by atoms with van der Waals surface area (Å²) in [4.78, 5) is 2.34. The topological polar surface area (TPSA) is 3.24 Å². The van der Waals surface area contributed by atoms with Gasteiger partial charge in [0.1, 0.15) is 0 Å². The van der Waals surface area contributed by atoms with Gasteiger partial charge in [0.15, 0.2) is 0 Å². The van der Waals surface area contributed by atoms with Gasteiger partial charge in [-0.1, -0.05) is 19.2 Å². The van der Waals surface area contributed by atoms with Crippen LogP contribution in [0.15, 0.2) is 11.8 Å². The van der Waals surface area contributed by atoms with Crippen LogP contribution >= 0.6 is 0 Å². The predicted molar refractivity (Wildman–Crippen MR) is 42.6 cm³/mol. The summed E-state index contributed by atoms with van der Waals surface area (Å²) < 4.78 is 0. The first-order valence-electron chi connectivity index (χ1n) is 3.61. The summed E-state index contributed by atoms with van der Waals surface area (Å²) in [5.41, 5.74) is 1.42. The fourth-order valence-corrected chi connectivity index (χ4v) is 1.22. The lowest BCUT2D eigenvalue weighted by Crippen LogP contribution is -2.33. The quantitative estimate of drug-likeness (QED) is 0.444. The lowest BCUT2D eigenvalue weighted by molar-refractivity contribution is 0.621. The van der Waals surface area contributed by atoms with Gasteiger partial charge in [-0.2, -0.15) is 0 Å². The van der Waals surface area contributed by atoms with Crippen LogP contribution in [-0.2, 0) is 0 Å². The van der Waals surface area contributed by atoms with E-state index in [1.807, 2.05) is 0 Å². The average Bonchev–Trinajstić information content (AvgIpc) is 1.83. The number of nitrogens with zero attached hydrogens (tertiary/aromatic N) is 1. The molecule has 0 N–H and O–H groups in total. The van der Waals surface area contributed by atoms with Gasteiger partial charge in [-0.25, -0.2) is 0 Å². The third-order valence-corrected chi connectivity index (χ3v) is 2.24. The Morgan fingerprint density at radius 1 is 1.67 bits per heavy atom. The standard InChI is InChI=1S/C7H14BN/c1-7-5-4-6-8(2)9(7)3/h5H,4,6H2,1-3H3. The van der Waals surface area contributed by atoms with Crippen LogP contribution in [0.25, 0.3) is 0 Å². The van der Waals surface area contributed by atoms with Crippen molar-refractivity contribution in [3.63, 3.8) is 0 Å². The number of allylic oxidation sites excluding steroid dienone is 2. The highest BCUT2D eigenvalue weighted by atomic mass is 15.0. The second kappa shape index (κ2) is 2.46. The van der Waals surface area contributed by atoms with Gasteiger partial charge in [-0.3, -0.25) is 0 Å². The maximum Gasteiger partial charge on any atom is 0.250 e. The maximum atomic E-state index is 2.34. The normalized spacial score (nSPS) is 20.1. The van der Waals surface area contributed by atoms with E-state index in [1.54, 1.807) is 0 Å². The molecule has 0 saturated heterocycles. The van der Waals surface area contributed by atoms with E-state index in [2.05, 4.69) is 31.7 Å². The van der Waals surface area contributed by atoms with Gasteiger partial charge >= 0.3 is 0 Å². The molecule has 1 heterocycles. The summed E-state index contributed by atoms with van der Waals surface area (Å²) in [7, 11) is 2.16. The second-order valence-corrected chi connectivity index (χ2v) is 2.88. The van der Waals surface area contributed by atoms with Crippen molar-refractivity contribution in [2.75, 3.05) is 7.05 Å². The van der Waals surface area contributed by atoms with E-state index in [9.17, 15) is 0 Å². The van der Waals surface area contributed by atoms with Crippen LogP contribution in [-0.4, -0.2) is 18.7 Å². The molecule has 0 atom stereocenters. The molecule has 2 heteroatoms. The Labute approximate surface area is 57.8 Å². The van der Waals surface area contributed by atoms with Crippen molar-refractivity contribution < 1.29 is 0 Å². The highest BCUT2D eigenvalue weighted by Gasteiger charge is 2.16. The van der Waals surface area contributed by atoms with Gasteiger partial charge in [-0.05, 0) is 26.1 Å². The van der Waals surface area contributed by atoms with E-state index in [0.29, 0.717) is 0 Å². The monoisotopic (exact) mass is 123 g/mol. The van der Waals surface area contributed by atoms with Gasteiger partial charge in [0.2, 0.25) is 0 Å². The average molecular weight is 123 g/mol. The summed E-state index contributed by atoms with van der Waals surface area (Å²) in [6, 6.07) is 0. The number of hydrogen-bond acceptors (Lipinski definition) is 1. The van der Waals surface area contributed by atoms with E-state index in [4.69, 9.17) is 0 Å². The molecule has 9 heavy (non-hydrogen) atoms. The number of hydrogen-bond donors (Lipinski definition) is 0. The Balaban J connectivity index is 2.62. The molecule has 1 rings (SSSR count). The molecule has 0 amide bonds. The molecule has 0 saturated carbocycles. The van der Waals surface area contributed by atoms with Crippen molar-refractivity contribution in [2.45, 2.75) is 26.5 Å². The van der Waals surface area contributed by atoms with Crippen LogP contribution in [0.1, 0.15) is 13.3 Å². The second-order valence-electron chi connectivity index (χ2n) is 2.88. The lowest BCUT2D eigenvalue weighted by atomic mass is 9.57. The van der Waals surface area contributed by atoms with E-state index in [1.165, 1.54) is 18.4 Å². The van der Waals surface area contributed by atoms with Gasteiger partial charge in [0.05, 0.1) is 0 Å². The molecule has 0 spiro atoms. The maximum absolute atomic E-state index is 2.34. The zero-order valence-electron chi connectivity index (χ0n) is 6.52. The third kappa shape index (κ3) is 1.29. The Morgan fingerprint density at radius 2 is 2.33 bits per heavy atom. The van der Waals surface area contributed by atoms with Crippen molar-refractivity contribution in [1.29, 1.82) is 0 Å². The first-order chi connectivity index (χ1) is 4.22. The first-order valence-corrected chi connectivity index (χ1v) is 3.61. The van der Waals surface area contributed by atoms with Crippen molar-refractivity contribution >= 4 is 6.85 Å². The molecule has 0 bridgehead atoms. The Morgan fingerprint density at radius 3 is 2.78 bits per heavy atom. The summed E-state index contributed by atoms with van der Waals surface area (Å²) >= 11 is 0. The van der Waals surface area contributed by atoms with E-state index in [0.717, 1.165) is 6.85 Å². The zero-order chi connectivity index (χ0) is 6.85. The van der Waals surface area contributed by atoms with E-state index in [-0.39, 0.29) is 0 Å². The largest absolute Gasteiger partial charge is 0.421 e. The molecule has 1 aliphatic rings. The fraction of sp³-hybridized carbons (Fsp3) is 0.714. The zero-order valence-corrected chi connectivity index (χ0v) is 6.52. The minimum atomic E-state index is 0.745. The molecular formula is C7H14BN. The lowest BCUT2D eigenvalue weighted by Gasteiger charge is -2.28. The molecule has 0 aliphatic carbocycles. The number of rotatable bonds is 0. The Kier molecular flexibility index (Phi) is 1.84. The molecule has 0 unspecified atom stereocenters. The summed E-state index contributed by atoms with van der Waals surface area (Å²) in [6.45, 7) is 5.20. The third-order valence-electron chi connectivity index (χ3n) is 2.24. The summed E-state index contributed by atoms with van der Waals surface area (Å²) in [5.74, 6) is 0. The van der Waals surface area contributed by atoms with Crippen LogP contribution in [0.5, 0.6) is 0 Å². The molecule has 0 aromatic carbocycles. The van der Waals surface area contributed by atoms with Crippen LogP contribution in [0.4, 0.5) is 0 Å². The van der Waals surface area contributed by atoms with Crippen LogP contribution in [0, 0.1) is 0 Å². The Bertz CT molecular complexity index is 131. The Hall–Kier alpha value is -0.395. The van der Waals surface area contributed by atoms with Crippen molar-refractivity contribution in [3.8, 4) is 0 Å². The molecule has 0 aromatic heterocycles. The fourth-order valence-electron chi connectivity index (χ4n) is 1.22. The molecule has 1 aliphatic heterocycles. The van der Waals surface area contributed by atoms with Crippen molar-refractivity contribution in [2.24, 2.45) is 0 Å². The van der Waals surface area contributed by atoms with Gasteiger partial charge in [0.25, 0.3) is 6.85 Å². The van der Waals surface area contributed by atoms with Crippen molar-refractivity contribution in [1.82, 2.24) is 4.81 Å². The molecule has 0 fully saturated rings. The minimum absolute atomic E-state index is 0.745. The molecule has 0 radical (unpaired) electrons. The van der Waals surface area contributed by atoms with E-state index < -0.39 is 0 Å². The van der Waals surface area contributed by atoms with Crippen LogP contribution < -0.4 is 0 Å². The van der Waals surface area contributed by atoms with E-state index >= 15 is 0 Å². The minimum Gasteiger partial charge on any atom is -0.421 e. The smallest absolute Gasteiger partial charge is 0.250 e. The van der Waals surface area contributed by atoms with Gasteiger partial charge in [0, 0.05) is 0 Å². The van der Waals surface area contributed by atoms with Crippen LogP contribution in [0.3, 0.4) is 0 Å². The molecular weight excluding hydrogens is 109 g/mol. The first kappa shape index (κ1) is 6.72.